The van der Waals surface area contributed by atoms with Crippen LogP contribution in [0.3, 0.4) is 0 Å². The monoisotopic (exact) mass is 1080 g/mol. The number of rotatable bonds is 66. The average Bonchev–Trinajstić information content (AvgIpc) is 3.43. The molecule has 0 aromatic heterocycles. The molecule has 2 unspecified atom stereocenters. The van der Waals surface area contributed by atoms with Gasteiger partial charge in [0, 0.05) is 12.8 Å². The van der Waals surface area contributed by atoms with Crippen LogP contribution in [0.1, 0.15) is 393 Å². The lowest BCUT2D eigenvalue weighted by Gasteiger charge is -2.20. The van der Waals surface area contributed by atoms with Crippen LogP contribution in [0.15, 0.2) is 24.3 Å². The number of carbonyl (C=O) groups excluding carboxylic acids is 2. The van der Waals surface area contributed by atoms with Gasteiger partial charge in [0.25, 0.3) is 0 Å². The third-order valence-electron chi connectivity index (χ3n) is 16.5. The number of unbranched alkanes of at least 4 members (excludes halogenated alkanes) is 53. The van der Waals surface area contributed by atoms with Crippen LogP contribution in [-0.2, 0) is 14.3 Å². The average molecular weight is 1080 g/mol. The Hall–Kier alpha value is -1.66. The Morgan fingerprint density at radius 3 is 0.948 bits per heavy atom. The molecule has 0 bridgehead atoms. The quantitative estimate of drug-likeness (QED) is 0.0320. The molecule has 0 aromatic carbocycles. The summed E-state index contributed by atoms with van der Waals surface area (Å²) in [5.41, 5.74) is 0. The molecule has 2 atom stereocenters. The lowest BCUT2D eigenvalue weighted by Crippen LogP contribution is -2.45. The van der Waals surface area contributed by atoms with E-state index in [-0.39, 0.29) is 18.5 Å². The minimum Gasteiger partial charge on any atom is -0.466 e. The van der Waals surface area contributed by atoms with E-state index in [1.54, 1.807) is 6.08 Å². The van der Waals surface area contributed by atoms with Crippen molar-refractivity contribution in [3.05, 3.63) is 24.3 Å². The smallest absolute Gasteiger partial charge is 0.305 e. The Labute approximate surface area is 481 Å². The Kier molecular flexibility index (Phi) is 65.4. The Bertz CT molecular complexity index is 1200. The summed E-state index contributed by atoms with van der Waals surface area (Å²) < 4.78 is 5.48. The topological polar surface area (TPSA) is 95.9 Å². The lowest BCUT2D eigenvalue weighted by molar-refractivity contribution is -0.143. The van der Waals surface area contributed by atoms with Crippen LogP contribution in [0.4, 0.5) is 0 Å². The van der Waals surface area contributed by atoms with E-state index in [0.29, 0.717) is 19.4 Å². The number of carbonyl (C=O) groups is 2. The van der Waals surface area contributed by atoms with Crippen LogP contribution in [0.25, 0.3) is 0 Å². The van der Waals surface area contributed by atoms with Gasteiger partial charge in [-0.05, 0) is 57.8 Å². The molecule has 0 aliphatic carbocycles. The highest BCUT2D eigenvalue weighted by Crippen LogP contribution is 2.19. The minimum atomic E-state index is -0.841. The molecule has 0 spiro atoms. The largest absolute Gasteiger partial charge is 0.466 e. The first-order valence-corrected chi connectivity index (χ1v) is 35.1. The molecule has 0 aliphatic rings. The SMILES string of the molecule is CCCCC/C=C\CCCCCCCC(=O)OCCCCCCCCCCCCCCCCCCCCCCCCCCCCCCCCCCC(=O)NC(CO)C(O)/C=C/CCCCCCCCCCCCCCCC. The van der Waals surface area contributed by atoms with Gasteiger partial charge in [0.15, 0.2) is 0 Å². The van der Waals surface area contributed by atoms with Crippen molar-refractivity contribution in [2.24, 2.45) is 0 Å². The van der Waals surface area contributed by atoms with Crippen molar-refractivity contribution in [3.8, 4) is 0 Å². The summed E-state index contributed by atoms with van der Waals surface area (Å²) in [5.74, 6) is -0.0494. The number of hydrogen-bond donors (Lipinski definition) is 3. The van der Waals surface area contributed by atoms with Crippen LogP contribution < -0.4 is 5.32 Å². The lowest BCUT2D eigenvalue weighted by atomic mass is 10.0. The molecule has 0 fully saturated rings. The number of nitrogens with one attached hydrogen (secondary N) is 1. The van der Waals surface area contributed by atoms with Gasteiger partial charge in [-0.15, -0.1) is 0 Å². The highest BCUT2D eigenvalue weighted by molar-refractivity contribution is 5.76. The fourth-order valence-electron chi connectivity index (χ4n) is 11.1. The maximum atomic E-state index is 12.5. The normalized spacial score (nSPS) is 12.6. The number of allylic oxidation sites excluding steroid dienone is 3. The predicted molar refractivity (Wildman–Crippen MR) is 338 cm³/mol. The Balaban J connectivity index is 3.34. The predicted octanol–water partition coefficient (Wildman–Crippen LogP) is 22.5. The summed E-state index contributed by atoms with van der Waals surface area (Å²) in [6.45, 7) is 4.91. The Morgan fingerprint density at radius 2 is 0.610 bits per heavy atom. The van der Waals surface area contributed by atoms with Gasteiger partial charge in [-0.3, -0.25) is 9.59 Å². The summed E-state index contributed by atoms with van der Waals surface area (Å²) in [7, 11) is 0. The van der Waals surface area contributed by atoms with Gasteiger partial charge in [-0.25, -0.2) is 0 Å². The molecule has 6 nitrogen and oxygen atoms in total. The fraction of sp³-hybridized carbons (Fsp3) is 0.915. The van der Waals surface area contributed by atoms with E-state index < -0.39 is 12.1 Å². The summed E-state index contributed by atoms with van der Waals surface area (Å²) in [6, 6.07) is -0.624. The Morgan fingerprint density at radius 1 is 0.351 bits per heavy atom. The standard InChI is InChI=1S/C71H137NO5/c1-3-5-7-9-11-13-15-17-18-37-40-43-47-51-55-59-63-69(74)68(67-73)72-70(75)64-60-56-52-48-44-41-38-35-33-31-29-27-25-23-21-19-20-22-24-26-28-30-32-34-36-39-42-46-50-54-58-62-66-77-71(76)65-61-57-53-49-45-16-14-12-10-8-6-4-2/h12,14,59,63,68-69,73-74H,3-11,13,15-58,60-62,64-67H2,1-2H3,(H,72,75)/b14-12-,63-59+. The van der Waals surface area contributed by atoms with E-state index in [1.807, 2.05) is 6.08 Å². The van der Waals surface area contributed by atoms with E-state index in [4.69, 9.17) is 4.74 Å². The third-order valence-corrected chi connectivity index (χ3v) is 16.5. The summed E-state index contributed by atoms with van der Waals surface area (Å²) in [6.07, 6.45) is 84.1. The molecule has 0 saturated heterocycles. The number of hydrogen-bond acceptors (Lipinski definition) is 5. The molecule has 0 radical (unpaired) electrons. The van der Waals surface area contributed by atoms with Crippen LogP contribution in [-0.4, -0.2) is 47.4 Å². The third kappa shape index (κ3) is 63.4. The van der Waals surface area contributed by atoms with Gasteiger partial charge in [-0.1, -0.05) is 346 Å². The number of amides is 1. The molecule has 77 heavy (non-hydrogen) atoms. The second-order valence-corrected chi connectivity index (χ2v) is 24.2. The van der Waals surface area contributed by atoms with Crippen molar-refractivity contribution < 1.29 is 24.5 Å². The van der Waals surface area contributed by atoms with Gasteiger partial charge >= 0.3 is 5.97 Å². The maximum absolute atomic E-state index is 12.5. The van der Waals surface area contributed by atoms with E-state index >= 15 is 0 Å². The maximum Gasteiger partial charge on any atom is 0.305 e. The van der Waals surface area contributed by atoms with Crippen LogP contribution >= 0.6 is 0 Å². The molecule has 456 valence electrons. The van der Waals surface area contributed by atoms with E-state index in [0.717, 1.165) is 44.9 Å². The van der Waals surface area contributed by atoms with Crippen molar-refractivity contribution in [2.75, 3.05) is 13.2 Å². The molecule has 0 aliphatic heterocycles. The first kappa shape index (κ1) is 75.3. The van der Waals surface area contributed by atoms with Crippen LogP contribution in [0, 0.1) is 0 Å². The molecule has 0 saturated carbocycles. The first-order valence-electron chi connectivity index (χ1n) is 35.1. The van der Waals surface area contributed by atoms with Gasteiger partial charge in [0.1, 0.15) is 0 Å². The second-order valence-electron chi connectivity index (χ2n) is 24.2. The molecule has 3 N–H and O–H groups in total. The van der Waals surface area contributed by atoms with Gasteiger partial charge in [0.2, 0.25) is 5.91 Å². The molecule has 0 rings (SSSR count). The van der Waals surface area contributed by atoms with Crippen molar-refractivity contribution in [2.45, 2.75) is 405 Å². The summed E-state index contributed by atoms with van der Waals surface area (Å²) >= 11 is 0. The van der Waals surface area contributed by atoms with Crippen molar-refractivity contribution >= 4 is 11.9 Å². The molecular formula is C71H137NO5. The van der Waals surface area contributed by atoms with Gasteiger partial charge < -0.3 is 20.3 Å². The highest BCUT2D eigenvalue weighted by atomic mass is 16.5. The number of esters is 1. The minimum absolute atomic E-state index is 0.0112. The number of ether oxygens (including phenoxy) is 1. The first-order chi connectivity index (χ1) is 38.0. The van der Waals surface area contributed by atoms with Crippen LogP contribution in [0.5, 0.6) is 0 Å². The van der Waals surface area contributed by atoms with Crippen molar-refractivity contribution in [1.29, 1.82) is 0 Å². The second kappa shape index (κ2) is 66.8. The van der Waals surface area contributed by atoms with E-state index in [2.05, 4.69) is 31.3 Å². The molecule has 6 heteroatoms. The zero-order valence-electron chi connectivity index (χ0n) is 52.2. The van der Waals surface area contributed by atoms with Crippen LogP contribution in [0.2, 0.25) is 0 Å². The fourth-order valence-corrected chi connectivity index (χ4v) is 11.1. The number of aliphatic hydroxyl groups is 2. The highest BCUT2D eigenvalue weighted by Gasteiger charge is 2.18. The van der Waals surface area contributed by atoms with Gasteiger partial charge in [0.05, 0.1) is 25.4 Å². The molecular weight excluding hydrogens is 947 g/mol. The van der Waals surface area contributed by atoms with E-state index in [9.17, 15) is 19.8 Å². The summed E-state index contributed by atoms with van der Waals surface area (Å²) in [4.78, 5) is 24.5. The van der Waals surface area contributed by atoms with Gasteiger partial charge in [-0.2, -0.15) is 0 Å². The van der Waals surface area contributed by atoms with E-state index in [1.165, 1.54) is 321 Å². The van der Waals surface area contributed by atoms with Crippen molar-refractivity contribution in [1.82, 2.24) is 5.32 Å². The molecule has 1 amide bonds. The molecule has 0 aromatic rings. The summed E-state index contributed by atoms with van der Waals surface area (Å²) in [5, 5.41) is 23.2. The zero-order valence-corrected chi connectivity index (χ0v) is 52.2. The molecule has 0 heterocycles. The van der Waals surface area contributed by atoms with Crippen molar-refractivity contribution in [3.63, 3.8) is 0 Å². The zero-order chi connectivity index (χ0) is 55.7. The number of aliphatic hydroxyl groups excluding tert-OH is 2.